The van der Waals surface area contributed by atoms with Gasteiger partial charge in [-0.15, -0.1) is 0 Å². The van der Waals surface area contributed by atoms with Crippen molar-refractivity contribution in [2.45, 2.75) is 25.3 Å². The molecule has 0 bridgehead atoms. The molecule has 0 aliphatic heterocycles. The van der Waals surface area contributed by atoms with E-state index in [4.69, 9.17) is 20.3 Å². The number of aryl methyl sites for hydroxylation is 1. The Balaban J connectivity index is 2.60. The minimum atomic E-state index is -0.866. The lowest BCUT2D eigenvalue weighted by atomic mass is 10.0. The fourth-order valence-electron chi connectivity index (χ4n) is 1.71. The van der Waals surface area contributed by atoms with Crippen molar-refractivity contribution in [2.75, 3.05) is 14.2 Å². The highest BCUT2D eigenvalue weighted by molar-refractivity contribution is 5.67. The second-order valence-electron chi connectivity index (χ2n) is 4.09. The van der Waals surface area contributed by atoms with Crippen LogP contribution in [0.4, 0.5) is 0 Å². The van der Waals surface area contributed by atoms with E-state index in [0.29, 0.717) is 17.9 Å². The van der Waals surface area contributed by atoms with Crippen molar-refractivity contribution in [3.05, 3.63) is 23.8 Å². The average Bonchev–Trinajstić information content (AvgIpc) is 2.35. The molecule has 0 amide bonds. The second-order valence-corrected chi connectivity index (χ2v) is 4.09. The van der Waals surface area contributed by atoms with E-state index in [9.17, 15) is 4.79 Å². The van der Waals surface area contributed by atoms with Crippen LogP contribution in [0, 0.1) is 0 Å². The number of aliphatic carboxylic acids is 1. The number of methoxy groups -OCH3 is 2. The fourth-order valence-corrected chi connectivity index (χ4v) is 1.71. The van der Waals surface area contributed by atoms with Gasteiger partial charge in [0.25, 0.3) is 0 Å². The highest BCUT2D eigenvalue weighted by Crippen LogP contribution is 2.28. The predicted molar refractivity (Wildman–Crippen MR) is 68.1 cm³/mol. The number of hydrogen-bond donors (Lipinski definition) is 2. The van der Waals surface area contributed by atoms with Gasteiger partial charge in [0.05, 0.1) is 20.6 Å². The molecule has 18 heavy (non-hydrogen) atoms. The summed E-state index contributed by atoms with van der Waals surface area (Å²) in [6.07, 6.45) is 1.34. The smallest absolute Gasteiger partial charge is 0.304 e. The zero-order valence-corrected chi connectivity index (χ0v) is 10.7. The van der Waals surface area contributed by atoms with Crippen molar-refractivity contribution < 1.29 is 19.4 Å². The largest absolute Gasteiger partial charge is 0.493 e. The van der Waals surface area contributed by atoms with Crippen LogP contribution in [0.3, 0.4) is 0 Å². The van der Waals surface area contributed by atoms with Crippen LogP contribution in [0.25, 0.3) is 0 Å². The lowest BCUT2D eigenvalue weighted by Gasteiger charge is -2.11. The molecule has 0 heterocycles. The van der Waals surface area contributed by atoms with Crippen LogP contribution in [0.2, 0.25) is 0 Å². The Kier molecular flexibility index (Phi) is 5.45. The first-order chi connectivity index (χ1) is 8.56. The molecule has 0 saturated carbocycles. The molecule has 0 aliphatic rings. The van der Waals surface area contributed by atoms with Gasteiger partial charge in [-0.3, -0.25) is 4.79 Å². The molecule has 100 valence electrons. The zero-order valence-electron chi connectivity index (χ0n) is 10.7. The highest BCUT2D eigenvalue weighted by atomic mass is 16.5. The minimum Gasteiger partial charge on any atom is -0.493 e. The lowest BCUT2D eigenvalue weighted by Crippen LogP contribution is -2.24. The van der Waals surface area contributed by atoms with Crippen molar-refractivity contribution in [1.29, 1.82) is 0 Å². The average molecular weight is 253 g/mol. The van der Waals surface area contributed by atoms with E-state index in [1.807, 2.05) is 18.2 Å². The van der Waals surface area contributed by atoms with Crippen molar-refractivity contribution >= 4 is 5.97 Å². The number of rotatable bonds is 7. The SMILES string of the molecule is COc1ccc(CC[C@@H](N)CC(=O)O)cc1OC. The third-order valence-corrected chi connectivity index (χ3v) is 2.69. The number of benzene rings is 1. The third kappa shape index (κ3) is 4.25. The summed E-state index contributed by atoms with van der Waals surface area (Å²) in [6.45, 7) is 0. The van der Waals surface area contributed by atoms with E-state index in [0.717, 1.165) is 12.0 Å². The molecule has 5 nitrogen and oxygen atoms in total. The van der Waals surface area contributed by atoms with Crippen LogP contribution in [0.15, 0.2) is 18.2 Å². The summed E-state index contributed by atoms with van der Waals surface area (Å²) in [7, 11) is 3.16. The van der Waals surface area contributed by atoms with Gasteiger partial charge in [0.2, 0.25) is 0 Å². The van der Waals surface area contributed by atoms with E-state index in [1.54, 1.807) is 14.2 Å². The van der Waals surface area contributed by atoms with E-state index in [-0.39, 0.29) is 12.5 Å². The molecule has 5 heteroatoms. The van der Waals surface area contributed by atoms with Crippen LogP contribution in [0.1, 0.15) is 18.4 Å². The normalized spacial score (nSPS) is 11.9. The molecule has 0 aliphatic carbocycles. The van der Waals surface area contributed by atoms with Gasteiger partial charge in [-0.1, -0.05) is 6.07 Å². The number of ether oxygens (including phenoxy) is 2. The third-order valence-electron chi connectivity index (χ3n) is 2.69. The van der Waals surface area contributed by atoms with Gasteiger partial charge in [-0.05, 0) is 30.5 Å². The van der Waals surface area contributed by atoms with E-state index in [2.05, 4.69) is 0 Å². The maximum Gasteiger partial charge on any atom is 0.304 e. The lowest BCUT2D eigenvalue weighted by molar-refractivity contribution is -0.137. The molecule has 1 rings (SSSR count). The molecule has 0 spiro atoms. The molecule has 1 aromatic rings. The second kappa shape index (κ2) is 6.86. The van der Waals surface area contributed by atoms with Crippen molar-refractivity contribution in [3.63, 3.8) is 0 Å². The Morgan fingerprint density at radius 1 is 1.33 bits per heavy atom. The Morgan fingerprint density at radius 2 is 2.00 bits per heavy atom. The first kappa shape index (κ1) is 14.3. The quantitative estimate of drug-likeness (QED) is 0.768. The molecule has 0 radical (unpaired) electrons. The molecule has 1 aromatic carbocycles. The van der Waals surface area contributed by atoms with Gasteiger partial charge < -0.3 is 20.3 Å². The van der Waals surface area contributed by atoms with Crippen LogP contribution < -0.4 is 15.2 Å². The molecule has 0 unspecified atom stereocenters. The van der Waals surface area contributed by atoms with Crippen LogP contribution in [-0.2, 0) is 11.2 Å². The molecular weight excluding hydrogens is 234 g/mol. The molecule has 0 saturated heterocycles. The monoisotopic (exact) mass is 253 g/mol. The van der Waals surface area contributed by atoms with E-state index >= 15 is 0 Å². The first-order valence-corrected chi connectivity index (χ1v) is 5.75. The summed E-state index contributed by atoms with van der Waals surface area (Å²) in [5.74, 6) is 0.479. The predicted octanol–water partition coefficient (Wildman–Crippen LogP) is 1.44. The summed E-state index contributed by atoms with van der Waals surface area (Å²) in [6, 6.07) is 5.31. The zero-order chi connectivity index (χ0) is 13.5. The number of carboxylic acids is 1. The van der Waals surface area contributed by atoms with Crippen molar-refractivity contribution in [2.24, 2.45) is 5.73 Å². The van der Waals surface area contributed by atoms with E-state index in [1.165, 1.54) is 0 Å². The number of hydrogen-bond acceptors (Lipinski definition) is 4. The van der Waals surface area contributed by atoms with Gasteiger partial charge in [0.1, 0.15) is 0 Å². The highest BCUT2D eigenvalue weighted by Gasteiger charge is 2.09. The van der Waals surface area contributed by atoms with Gasteiger partial charge >= 0.3 is 5.97 Å². The summed E-state index contributed by atoms with van der Waals surface area (Å²) in [4.78, 5) is 10.5. The van der Waals surface area contributed by atoms with Gasteiger partial charge in [-0.25, -0.2) is 0 Å². The molecular formula is C13H19NO4. The summed E-state index contributed by atoms with van der Waals surface area (Å²) < 4.78 is 10.3. The Labute approximate surface area is 107 Å². The molecule has 1 atom stereocenters. The molecule has 0 aromatic heterocycles. The van der Waals surface area contributed by atoms with E-state index < -0.39 is 5.97 Å². The summed E-state index contributed by atoms with van der Waals surface area (Å²) in [5, 5.41) is 8.62. The number of carbonyl (C=O) groups is 1. The van der Waals surface area contributed by atoms with Crippen molar-refractivity contribution in [3.8, 4) is 11.5 Å². The number of nitrogens with two attached hydrogens (primary N) is 1. The van der Waals surface area contributed by atoms with Gasteiger partial charge in [-0.2, -0.15) is 0 Å². The topological polar surface area (TPSA) is 81.8 Å². The van der Waals surface area contributed by atoms with Gasteiger partial charge in [0.15, 0.2) is 11.5 Å². The fraction of sp³-hybridized carbons (Fsp3) is 0.462. The first-order valence-electron chi connectivity index (χ1n) is 5.75. The minimum absolute atomic E-state index is 0.00666. The van der Waals surface area contributed by atoms with Crippen LogP contribution in [-0.4, -0.2) is 31.3 Å². The summed E-state index contributed by atoms with van der Waals surface area (Å²) >= 11 is 0. The van der Waals surface area contributed by atoms with Crippen molar-refractivity contribution in [1.82, 2.24) is 0 Å². The maximum absolute atomic E-state index is 10.5. The Hall–Kier alpha value is -1.75. The molecule has 3 N–H and O–H groups in total. The van der Waals surface area contributed by atoms with Crippen LogP contribution >= 0.6 is 0 Å². The molecule has 0 fully saturated rings. The Morgan fingerprint density at radius 3 is 2.56 bits per heavy atom. The van der Waals surface area contributed by atoms with Gasteiger partial charge in [0, 0.05) is 6.04 Å². The standard InChI is InChI=1S/C13H19NO4/c1-17-11-6-4-9(7-12(11)18-2)3-5-10(14)8-13(15)16/h4,6-7,10H,3,5,8,14H2,1-2H3,(H,15,16)/t10-/m1/s1. The van der Waals surface area contributed by atoms with Crippen LogP contribution in [0.5, 0.6) is 11.5 Å². The maximum atomic E-state index is 10.5. The number of carboxylic acid groups (broad SMARTS) is 1. The summed E-state index contributed by atoms with van der Waals surface area (Å²) in [5.41, 5.74) is 6.76. The Bertz CT molecular complexity index is 406.